The average molecular weight is 207 g/mol. The van der Waals surface area contributed by atoms with Gasteiger partial charge in [0.2, 0.25) is 0 Å². The molecule has 0 radical (unpaired) electrons. The minimum Gasteiger partial charge on any atom is -0.778 e. The van der Waals surface area contributed by atoms with Crippen molar-refractivity contribution in [1.82, 2.24) is 0 Å². The third kappa shape index (κ3) is 6.94. The van der Waals surface area contributed by atoms with E-state index in [0.29, 0.717) is 6.42 Å². The van der Waals surface area contributed by atoms with Crippen molar-refractivity contribution in [3.8, 4) is 0 Å². The van der Waals surface area contributed by atoms with Gasteiger partial charge in [-0.05, 0) is 6.42 Å². The Labute approximate surface area is 78.8 Å². The number of hydrogen-bond donors (Lipinski definition) is 0. The monoisotopic (exact) mass is 207 g/mol. The van der Waals surface area contributed by atoms with Crippen LogP contribution in [0, 0.1) is 0 Å². The summed E-state index contributed by atoms with van der Waals surface area (Å²) < 4.78 is 15.0. The van der Waals surface area contributed by atoms with E-state index in [1.54, 1.807) is 0 Å². The van der Waals surface area contributed by atoms with E-state index in [9.17, 15) is 14.3 Å². The Bertz CT molecular complexity index is 202. The number of hydrogen-bond acceptors (Lipinski definition) is 4. The van der Waals surface area contributed by atoms with E-state index in [1.807, 2.05) is 6.92 Å². The van der Waals surface area contributed by atoms with E-state index in [4.69, 9.17) is 0 Å². The highest BCUT2D eigenvalue weighted by Crippen LogP contribution is 2.35. The van der Waals surface area contributed by atoms with Crippen LogP contribution in [0.1, 0.15) is 32.6 Å². The number of unbranched alkanes of at least 4 members (excludes halogenated alkanes) is 2. The fraction of sp³-hybridized carbons (Fsp3) is 0.875. The van der Waals surface area contributed by atoms with E-state index in [2.05, 4.69) is 4.52 Å². The molecule has 0 saturated heterocycles. The van der Waals surface area contributed by atoms with Crippen molar-refractivity contribution in [1.29, 1.82) is 0 Å². The minimum atomic E-state index is -3.88. The first kappa shape index (κ1) is 12.8. The Hall–Kier alpha value is -0.180. The summed E-state index contributed by atoms with van der Waals surface area (Å²) in [6, 6.07) is 0. The minimum absolute atomic E-state index is 0.256. The van der Waals surface area contributed by atoms with Crippen LogP contribution in [0.25, 0.3) is 0 Å². The molecule has 0 aromatic rings. The Kier molecular flexibility index (Phi) is 6.21. The summed E-state index contributed by atoms with van der Waals surface area (Å²) in [6.07, 6.45) is 2.62. The summed E-state index contributed by atoms with van der Waals surface area (Å²) >= 11 is 0. The van der Waals surface area contributed by atoms with Gasteiger partial charge in [0.05, 0.1) is 6.16 Å². The Morgan fingerprint density at radius 2 is 2.08 bits per heavy atom. The Balaban J connectivity index is 3.68. The highest BCUT2D eigenvalue weighted by atomic mass is 31.2. The second-order valence-corrected chi connectivity index (χ2v) is 4.85. The number of Topliss-reactive ketones (excluding diaryl/α,β-unsaturated/α-hetero) is 1. The molecule has 5 heteroatoms. The molecule has 4 nitrogen and oxygen atoms in total. The lowest BCUT2D eigenvalue weighted by molar-refractivity contribution is -0.196. The van der Waals surface area contributed by atoms with Gasteiger partial charge in [-0.2, -0.15) is 0 Å². The van der Waals surface area contributed by atoms with E-state index < -0.39 is 13.8 Å². The molecular formula is C8H16O4P-. The van der Waals surface area contributed by atoms with Gasteiger partial charge in [0.25, 0.3) is 0 Å². The Morgan fingerprint density at radius 3 is 2.54 bits per heavy atom. The van der Waals surface area contributed by atoms with Crippen molar-refractivity contribution < 1.29 is 18.8 Å². The molecular weight excluding hydrogens is 191 g/mol. The van der Waals surface area contributed by atoms with Crippen LogP contribution in [0.5, 0.6) is 0 Å². The van der Waals surface area contributed by atoms with Gasteiger partial charge >= 0.3 is 0 Å². The number of rotatable bonds is 7. The van der Waals surface area contributed by atoms with Crippen LogP contribution in [0.2, 0.25) is 0 Å². The highest BCUT2D eigenvalue weighted by Gasteiger charge is 2.12. The van der Waals surface area contributed by atoms with Gasteiger partial charge in [-0.15, -0.1) is 0 Å². The standard InChI is InChI=1S/C8H17O4P/c1-3-4-5-6-8(9)7-13(10,11)12-2/h3-7H2,1-2H3,(H,10,11)/p-1. The molecule has 0 aliphatic rings. The van der Waals surface area contributed by atoms with E-state index in [-0.39, 0.29) is 5.78 Å². The number of ketones is 1. The third-order valence-electron chi connectivity index (χ3n) is 1.71. The summed E-state index contributed by atoms with van der Waals surface area (Å²) in [4.78, 5) is 21.9. The van der Waals surface area contributed by atoms with Gasteiger partial charge in [-0.3, -0.25) is 4.79 Å². The molecule has 1 unspecified atom stereocenters. The second-order valence-electron chi connectivity index (χ2n) is 2.95. The summed E-state index contributed by atoms with van der Waals surface area (Å²) in [5, 5.41) is 0. The predicted molar refractivity (Wildman–Crippen MR) is 48.6 cm³/mol. The lowest BCUT2D eigenvalue weighted by atomic mass is 10.2. The maximum Gasteiger partial charge on any atom is 0.142 e. The van der Waals surface area contributed by atoms with Crippen LogP contribution in [0.4, 0.5) is 0 Å². The molecule has 0 saturated carbocycles. The molecule has 78 valence electrons. The van der Waals surface area contributed by atoms with Crippen LogP contribution in [-0.4, -0.2) is 19.1 Å². The lowest BCUT2D eigenvalue weighted by Gasteiger charge is -2.19. The van der Waals surface area contributed by atoms with Crippen LogP contribution in [-0.2, 0) is 13.9 Å². The molecule has 0 aromatic carbocycles. The van der Waals surface area contributed by atoms with E-state index in [1.165, 1.54) is 0 Å². The van der Waals surface area contributed by atoms with Crippen LogP contribution in [0.15, 0.2) is 0 Å². The molecule has 0 N–H and O–H groups in total. The van der Waals surface area contributed by atoms with Crippen molar-refractivity contribution in [3.63, 3.8) is 0 Å². The van der Waals surface area contributed by atoms with Crippen molar-refractivity contribution >= 4 is 13.4 Å². The first-order valence-electron chi connectivity index (χ1n) is 4.39. The maximum absolute atomic E-state index is 11.0. The molecule has 0 heterocycles. The lowest BCUT2D eigenvalue weighted by Crippen LogP contribution is -2.14. The van der Waals surface area contributed by atoms with Crippen molar-refractivity contribution in [2.45, 2.75) is 32.6 Å². The van der Waals surface area contributed by atoms with Gasteiger partial charge in [0.1, 0.15) is 13.4 Å². The van der Waals surface area contributed by atoms with Gasteiger partial charge in [-0.1, -0.05) is 19.8 Å². The first-order chi connectivity index (χ1) is 6.02. The van der Waals surface area contributed by atoms with Crippen molar-refractivity contribution in [2.24, 2.45) is 0 Å². The van der Waals surface area contributed by atoms with Gasteiger partial charge in [0, 0.05) is 13.5 Å². The zero-order valence-electron chi connectivity index (χ0n) is 8.12. The van der Waals surface area contributed by atoms with Crippen LogP contribution >= 0.6 is 7.60 Å². The molecule has 0 fully saturated rings. The van der Waals surface area contributed by atoms with E-state index >= 15 is 0 Å². The molecule has 13 heavy (non-hydrogen) atoms. The van der Waals surface area contributed by atoms with Gasteiger partial charge < -0.3 is 14.0 Å². The van der Waals surface area contributed by atoms with Crippen LogP contribution < -0.4 is 4.89 Å². The Morgan fingerprint density at radius 1 is 1.46 bits per heavy atom. The smallest absolute Gasteiger partial charge is 0.142 e. The molecule has 0 aromatic heterocycles. The van der Waals surface area contributed by atoms with Gasteiger partial charge in [-0.25, -0.2) is 0 Å². The summed E-state index contributed by atoms with van der Waals surface area (Å²) in [7, 11) is -2.80. The quantitative estimate of drug-likeness (QED) is 0.466. The number of carbonyl (C=O) groups excluding carboxylic acids is 1. The molecule has 0 spiro atoms. The first-order valence-corrected chi connectivity index (χ1v) is 6.12. The molecule has 0 amide bonds. The normalized spacial score (nSPS) is 15.3. The summed E-state index contributed by atoms with van der Waals surface area (Å²) in [6.45, 7) is 2.03. The zero-order chi connectivity index (χ0) is 10.3. The number of carbonyl (C=O) groups is 1. The molecule has 0 bridgehead atoms. The van der Waals surface area contributed by atoms with Crippen molar-refractivity contribution in [2.75, 3.05) is 13.3 Å². The third-order valence-corrected chi connectivity index (χ3v) is 3.00. The molecule has 0 aliphatic carbocycles. The van der Waals surface area contributed by atoms with Crippen LogP contribution in [0.3, 0.4) is 0 Å². The largest absolute Gasteiger partial charge is 0.778 e. The topological polar surface area (TPSA) is 66.4 Å². The predicted octanol–water partition coefficient (Wildman–Crippen LogP) is 1.34. The van der Waals surface area contributed by atoms with Gasteiger partial charge in [0.15, 0.2) is 0 Å². The molecule has 0 rings (SSSR count). The average Bonchev–Trinajstić information content (AvgIpc) is 2.04. The summed E-state index contributed by atoms with van der Waals surface area (Å²) in [5.41, 5.74) is 0. The molecule has 0 aliphatic heterocycles. The van der Waals surface area contributed by atoms with E-state index in [0.717, 1.165) is 26.4 Å². The fourth-order valence-corrected chi connectivity index (χ4v) is 1.65. The molecule has 1 atom stereocenters. The second kappa shape index (κ2) is 6.30. The summed E-state index contributed by atoms with van der Waals surface area (Å²) in [5.74, 6) is -0.256. The fourth-order valence-electron chi connectivity index (χ4n) is 0.932. The maximum atomic E-state index is 11.0. The van der Waals surface area contributed by atoms with Crippen molar-refractivity contribution in [3.05, 3.63) is 0 Å². The highest BCUT2D eigenvalue weighted by molar-refractivity contribution is 7.52. The SMILES string of the molecule is CCCCCC(=O)CP(=O)([O-])OC. The zero-order valence-corrected chi connectivity index (χ0v) is 9.01.